The number of likely N-dealkylation sites (tertiary alicyclic amines) is 1. The molecule has 2 rings (SSSR count). The summed E-state index contributed by atoms with van der Waals surface area (Å²) in [5, 5.41) is 2.94. The molecule has 0 saturated carbocycles. The molecule has 6 heteroatoms. The highest BCUT2D eigenvalue weighted by Gasteiger charge is 2.31. The Labute approximate surface area is 149 Å². The molecule has 2 amide bonds. The van der Waals surface area contributed by atoms with Crippen LogP contribution in [-0.4, -0.2) is 35.6 Å². The zero-order valence-electron chi connectivity index (χ0n) is 15.5. The third kappa shape index (κ3) is 5.74. The highest BCUT2D eigenvalue weighted by atomic mass is 16.6. The molecule has 0 aliphatic carbocycles. The first-order valence-corrected chi connectivity index (χ1v) is 8.80. The van der Waals surface area contributed by atoms with Gasteiger partial charge in [-0.3, -0.25) is 4.79 Å². The topological polar surface area (TPSA) is 84.7 Å². The van der Waals surface area contributed by atoms with Gasteiger partial charge in [-0.15, -0.1) is 0 Å². The van der Waals surface area contributed by atoms with E-state index in [0.717, 1.165) is 24.1 Å². The van der Waals surface area contributed by atoms with Crippen LogP contribution < -0.4 is 11.1 Å². The number of anilines is 1. The van der Waals surface area contributed by atoms with E-state index >= 15 is 0 Å². The third-order valence-corrected chi connectivity index (χ3v) is 4.12. The Kier molecular flexibility index (Phi) is 6.06. The fourth-order valence-electron chi connectivity index (χ4n) is 2.83. The van der Waals surface area contributed by atoms with E-state index < -0.39 is 5.60 Å². The lowest BCUT2D eigenvalue weighted by molar-refractivity contribution is -0.121. The molecule has 0 spiro atoms. The predicted octanol–water partition coefficient (Wildman–Crippen LogP) is 3.29. The van der Waals surface area contributed by atoms with Crippen LogP contribution in [-0.2, 0) is 9.53 Å². The second-order valence-corrected chi connectivity index (χ2v) is 7.67. The summed E-state index contributed by atoms with van der Waals surface area (Å²) in [6.45, 7) is 8.42. The lowest BCUT2D eigenvalue weighted by Gasteiger charge is -2.33. The number of nitrogens with zero attached hydrogens (tertiary/aromatic N) is 1. The van der Waals surface area contributed by atoms with Crippen molar-refractivity contribution in [2.45, 2.75) is 52.2 Å². The van der Waals surface area contributed by atoms with Crippen LogP contribution in [0.25, 0.3) is 0 Å². The summed E-state index contributed by atoms with van der Waals surface area (Å²) in [7, 11) is 0. The molecule has 0 bridgehead atoms. The van der Waals surface area contributed by atoms with Gasteiger partial charge < -0.3 is 20.7 Å². The maximum atomic E-state index is 12.6. The van der Waals surface area contributed by atoms with Crippen LogP contribution in [0.3, 0.4) is 0 Å². The van der Waals surface area contributed by atoms with Crippen molar-refractivity contribution in [3.05, 3.63) is 29.8 Å². The molecule has 138 valence electrons. The molecule has 6 nitrogen and oxygen atoms in total. The van der Waals surface area contributed by atoms with Crippen LogP contribution in [0.1, 0.15) is 52.1 Å². The summed E-state index contributed by atoms with van der Waals surface area (Å²) in [5.41, 5.74) is 7.05. The molecule has 3 N–H and O–H groups in total. The van der Waals surface area contributed by atoms with Crippen molar-refractivity contribution in [3.8, 4) is 0 Å². The molecule has 1 aromatic carbocycles. The number of nitrogens with one attached hydrogen (secondary N) is 1. The molecule has 25 heavy (non-hydrogen) atoms. The van der Waals surface area contributed by atoms with Gasteiger partial charge in [0.2, 0.25) is 5.91 Å². The molecule has 1 aliphatic heterocycles. The molecular formula is C19H29N3O3. The Morgan fingerprint density at radius 2 is 2.08 bits per heavy atom. The molecule has 0 aromatic heterocycles. The normalized spacial score (nSPS) is 19.2. The Morgan fingerprint density at radius 1 is 1.36 bits per heavy atom. The molecule has 1 aromatic rings. The molecule has 1 aliphatic rings. The molecule has 0 radical (unpaired) electrons. The number of rotatable bonds is 3. The standard InChI is InChI=1S/C19H29N3O3/c1-13(20)14-7-5-9-16(11-14)21-17(23)15-8-6-10-22(12-15)18(24)25-19(2,3)4/h5,7,9,11,13,15H,6,8,10,12,20H2,1-4H3,(H,21,23). The Bertz CT molecular complexity index is 623. The number of hydrogen-bond acceptors (Lipinski definition) is 4. The van der Waals surface area contributed by atoms with E-state index in [2.05, 4.69) is 5.32 Å². The number of carbonyl (C=O) groups is 2. The van der Waals surface area contributed by atoms with E-state index in [1.807, 2.05) is 52.0 Å². The van der Waals surface area contributed by atoms with Crippen LogP contribution in [0.5, 0.6) is 0 Å². The SMILES string of the molecule is CC(N)c1cccc(NC(=O)C2CCCN(C(=O)OC(C)(C)C)C2)c1. The van der Waals surface area contributed by atoms with Crippen LogP contribution in [0.2, 0.25) is 0 Å². The zero-order valence-corrected chi connectivity index (χ0v) is 15.5. The van der Waals surface area contributed by atoms with Gasteiger partial charge in [-0.25, -0.2) is 4.79 Å². The lowest BCUT2D eigenvalue weighted by Crippen LogP contribution is -2.45. The van der Waals surface area contributed by atoms with Gasteiger partial charge >= 0.3 is 6.09 Å². The molecule has 2 atom stereocenters. The van der Waals surface area contributed by atoms with Crippen molar-refractivity contribution in [1.82, 2.24) is 4.90 Å². The van der Waals surface area contributed by atoms with E-state index in [1.165, 1.54) is 0 Å². The monoisotopic (exact) mass is 347 g/mol. The number of amides is 2. The highest BCUT2D eigenvalue weighted by molar-refractivity contribution is 5.93. The zero-order chi connectivity index (χ0) is 18.6. The average molecular weight is 347 g/mol. The van der Waals surface area contributed by atoms with Gasteiger partial charge in [0, 0.05) is 24.8 Å². The fraction of sp³-hybridized carbons (Fsp3) is 0.579. The largest absolute Gasteiger partial charge is 0.444 e. The third-order valence-electron chi connectivity index (χ3n) is 4.12. The number of benzene rings is 1. The smallest absolute Gasteiger partial charge is 0.410 e. The maximum Gasteiger partial charge on any atom is 0.410 e. The van der Waals surface area contributed by atoms with E-state index in [1.54, 1.807) is 4.90 Å². The summed E-state index contributed by atoms with van der Waals surface area (Å²) >= 11 is 0. The van der Waals surface area contributed by atoms with Gasteiger partial charge in [0.15, 0.2) is 0 Å². The molecule has 1 fully saturated rings. The number of nitrogens with two attached hydrogens (primary N) is 1. The lowest BCUT2D eigenvalue weighted by atomic mass is 9.97. The van der Waals surface area contributed by atoms with E-state index in [4.69, 9.17) is 10.5 Å². The number of carbonyl (C=O) groups excluding carboxylic acids is 2. The maximum absolute atomic E-state index is 12.6. The second kappa shape index (κ2) is 7.87. The number of hydrogen-bond donors (Lipinski definition) is 2. The molecule has 2 unspecified atom stereocenters. The van der Waals surface area contributed by atoms with Crippen LogP contribution in [0.4, 0.5) is 10.5 Å². The number of ether oxygens (including phenoxy) is 1. The second-order valence-electron chi connectivity index (χ2n) is 7.67. The van der Waals surface area contributed by atoms with Crippen molar-refractivity contribution in [2.75, 3.05) is 18.4 Å². The van der Waals surface area contributed by atoms with E-state index in [9.17, 15) is 9.59 Å². The van der Waals surface area contributed by atoms with Gasteiger partial charge in [-0.2, -0.15) is 0 Å². The van der Waals surface area contributed by atoms with Crippen molar-refractivity contribution in [1.29, 1.82) is 0 Å². The summed E-state index contributed by atoms with van der Waals surface area (Å²) < 4.78 is 5.41. The molecule has 1 saturated heterocycles. The minimum absolute atomic E-state index is 0.0740. The fourth-order valence-corrected chi connectivity index (χ4v) is 2.83. The summed E-state index contributed by atoms with van der Waals surface area (Å²) in [6, 6.07) is 7.46. The van der Waals surface area contributed by atoms with Gasteiger partial charge in [-0.05, 0) is 58.2 Å². The van der Waals surface area contributed by atoms with Gasteiger partial charge in [0.1, 0.15) is 5.60 Å². The molecule has 1 heterocycles. The quantitative estimate of drug-likeness (QED) is 0.878. The van der Waals surface area contributed by atoms with Crippen LogP contribution >= 0.6 is 0 Å². The predicted molar refractivity (Wildman–Crippen MR) is 98.2 cm³/mol. The van der Waals surface area contributed by atoms with Crippen LogP contribution in [0.15, 0.2) is 24.3 Å². The number of piperidine rings is 1. The first-order valence-electron chi connectivity index (χ1n) is 8.80. The Balaban J connectivity index is 1.97. The van der Waals surface area contributed by atoms with Crippen molar-refractivity contribution in [3.63, 3.8) is 0 Å². The van der Waals surface area contributed by atoms with Gasteiger partial charge in [0.05, 0.1) is 5.92 Å². The Morgan fingerprint density at radius 3 is 2.72 bits per heavy atom. The Hall–Kier alpha value is -2.08. The van der Waals surface area contributed by atoms with E-state index in [-0.39, 0.29) is 24.0 Å². The van der Waals surface area contributed by atoms with E-state index in [0.29, 0.717) is 13.1 Å². The van der Waals surface area contributed by atoms with Gasteiger partial charge in [0.25, 0.3) is 0 Å². The van der Waals surface area contributed by atoms with Crippen molar-refractivity contribution in [2.24, 2.45) is 11.7 Å². The summed E-state index contributed by atoms with van der Waals surface area (Å²) in [5.74, 6) is -0.310. The first-order chi connectivity index (χ1) is 11.7. The highest BCUT2D eigenvalue weighted by Crippen LogP contribution is 2.22. The van der Waals surface area contributed by atoms with Crippen LogP contribution in [0, 0.1) is 5.92 Å². The van der Waals surface area contributed by atoms with Crippen molar-refractivity contribution >= 4 is 17.7 Å². The van der Waals surface area contributed by atoms with Gasteiger partial charge in [-0.1, -0.05) is 12.1 Å². The average Bonchev–Trinajstić information content (AvgIpc) is 2.53. The summed E-state index contributed by atoms with van der Waals surface area (Å²) in [4.78, 5) is 26.4. The van der Waals surface area contributed by atoms with Crippen molar-refractivity contribution < 1.29 is 14.3 Å². The first kappa shape index (κ1) is 19.2. The minimum atomic E-state index is -0.536. The summed E-state index contributed by atoms with van der Waals surface area (Å²) in [6.07, 6.45) is 1.19. The molecular weight excluding hydrogens is 318 g/mol. The minimum Gasteiger partial charge on any atom is -0.444 e.